The smallest absolute Gasteiger partial charge is 0.246 e. The minimum atomic E-state index is -0.124. The van der Waals surface area contributed by atoms with Crippen molar-refractivity contribution in [2.24, 2.45) is 0 Å². The van der Waals surface area contributed by atoms with Gasteiger partial charge in [-0.3, -0.25) is 4.79 Å². The number of aromatic nitrogens is 2. The Kier molecular flexibility index (Phi) is 6.09. The van der Waals surface area contributed by atoms with Crippen molar-refractivity contribution in [3.05, 3.63) is 47.8 Å². The van der Waals surface area contributed by atoms with E-state index in [1.54, 1.807) is 7.11 Å². The van der Waals surface area contributed by atoms with E-state index in [0.29, 0.717) is 13.2 Å². The molecule has 1 aliphatic rings. The highest BCUT2D eigenvalue weighted by Gasteiger charge is 2.24. The lowest BCUT2D eigenvalue weighted by Gasteiger charge is -2.25. The molecule has 1 aliphatic carbocycles. The van der Waals surface area contributed by atoms with E-state index in [2.05, 4.69) is 10.3 Å². The zero-order valence-electron chi connectivity index (χ0n) is 14.4. The average molecular weight is 341 g/mol. The highest BCUT2D eigenvalue weighted by Crippen LogP contribution is 2.29. The molecule has 1 aromatic heterocycles. The Morgan fingerprint density at radius 2 is 2.12 bits per heavy atom. The molecule has 0 spiro atoms. The normalized spacial score (nSPS) is 16.3. The van der Waals surface area contributed by atoms with Crippen LogP contribution in [0.25, 0.3) is 11.4 Å². The van der Waals surface area contributed by atoms with Crippen molar-refractivity contribution in [3.63, 3.8) is 0 Å². The minimum absolute atomic E-state index is 0.0398. The van der Waals surface area contributed by atoms with Crippen LogP contribution in [0.15, 0.2) is 36.5 Å². The van der Waals surface area contributed by atoms with Gasteiger partial charge in [-0.15, -0.1) is 0 Å². The molecular weight excluding hydrogens is 318 g/mol. The van der Waals surface area contributed by atoms with Crippen molar-refractivity contribution < 1.29 is 14.3 Å². The minimum Gasteiger partial charge on any atom is -0.382 e. The summed E-state index contributed by atoms with van der Waals surface area (Å²) in [6, 6.07) is 9.88. The number of aryl methyl sites for hydroxylation is 1. The number of nitrogens with one attached hydrogen (secondary N) is 1. The summed E-state index contributed by atoms with van der Waals surface area (Å²) in [5, 5.41) is 3.03. The van der Waals surface area contributed by atoms with Crippen LogP contribution in [0.4, 0.5) is 0 Å². The van der Waals surface area contributed by atoms with E-state index in [0.717, 1.165) is 41.9 Å². The Labute approximate surface area is 147 Å². The molecule has 1 N–H and O–H groups in total. The van der Waals surface area contributed by atoms with Crippen LogP contribution in [0.1, 0.15) is 30.1 Å². The topological polar surface area (TPSA) is 73.3 Å². The maximum absolute atomic E-state index is 12.1. The van der Waals surface area contributed by atoms with Crippen molar-refractivity contribution in [3.8, 4) is 11.4 Å². The molecule has 6 nitrogen and oxygen atoms in total. The van der Waals surface area contributed by atoms with E-state index in [4.69, 9.17) is 14.5 Å². The van der Waals surface area contributed by atoms with Gasteiger partial charge in [-0.25, -0.2) is 9.97 Å². The van der Waals surface area contributed by atoms with E-state index in [-0.39, 0.29) is 18.6 Å². The van der Waals surface area contributed by atoms with Crippen LogP contribution < -0.4 is 5.32 Å². The van der Waals surface area contributed by atoms with Gasteiger partial charge in [0.2, 0.25) is 5.91 Å². The number of rotatable bonds is 7. The van der Waals surface area contributed by atoms with Crippen molar-refractivity contribution in [2.45, 2.75) is 25.3 Å². The number of methoxy groups -OCH3 is 1. The number of nitrogens with zero attached hydrogens (tertiary/aromatic N) is 2. The zero-order chi connectivity index (χ0) is 17.5. The standard InChI is InChI=1S/C19H23N3O3/c1-24-10-11-25-13-18(23)21-16-8-5-9-17-15(16)12-20-19(22-17)14-6-3-2-4-7-14/h2-4,6-7,12,16H,5,8-11,13H2,1H3,(H,21,23)/t16-/m0/s1. The molecular formula is C19H23N3O3. The molecule has 6 heteroatoms. The lowest BCUT2D eigenvalue weighted by atomic mass is 9.92. The number of hydrogen-bond donors (Lipinski definition) is 1. The Balaban J connectivity index is 1.67. The highest BCUT2D eigenvalue weighted by atomic mass is 16.5. The van der Waals surface area contributed by atoms with E-state index in [9.17, 15) is 4.79 Å². The Morgan fingerprint density at radius 3 is 2.92 bits per heavy atom. The van der Waals surface area contributed by atoms with E-state index in [1.165, 1.54) is 0 Å². The van der Waals surface area contributed by atoms with E-state index >= 15 is 0 Å². The van der Waals surface area contributed by atoms with Crippen molar-refractivity contribution in [2.75, 3.05) is 26.9 Å². The van der Waals surface area contributed by atoms with Crippen LogP contribution in [-0.2, 0) is 20.7 Å². The fourth-order valence-corrected chi connectivity index (χ4v) is 2.97. The van der Waals surface area contributed by atoms with Gasteiger partial charge in [-0.05, 0) is 19.3 Å². The monoisotopic (exact) mass is 341 g/mol. The first-order chi connectivity index (χ1) is 12.3. The first-order valence-electron chi connectivity index (χ1n) is 8.55. The Hall–Kier alpha value is -2.31. The summed E-state index contributed by atoms with van der Waals surface area (Å²) in [5.41, 5.74) is 3.03. The molecule has 25 heavy (non-hydrogen) atoms. The second-order valence-corrected chi connectivity index (χ2v) is 6.02. The number of fused-ring (bicyclic) bond motifs is 1. The molecule has 2 aromatic rings. The molecule has 0 radical (unpaired) electrons. The van der Waals surface area contributed by atoms with Crippen LogP contribution in [-0.4, -0.2) is 42.8 Å². The molecule has 1 atom stereocenters. The summed E-state index contributed by atoms with van der Waals surface area (Å²) in [6.45, 7) is 0.933. The van der Waals surface area contributed by atoms with Gasteiger partial charge in [0.1, 0.15) is 6.61 Å². The predicted molar refractivity (Wildman–Crippen MR) is 94.0 cm³/mol. The maximum Gasteiger partial charge on any atom is 0.246 e. The number of amides is 1. The highest BCUT2D eigenvalue weighted by molar-refractivity contribution is 5.77. The molecule has 0 aliphatic heterocycles. The van der Waals surface area contributed by atoms with Gasteiger partial charge in [0.15, 0.2) is 5.82 Å². The molecule has 132 valence electrons. The Morgan fingerprint density at radius 1 is 1.28 bits per heavy atom. The molecule has 1 amide bonds. The largest absolute Gasteiger partial charge is 0.382 e. The van der Waals surface area contributed by atoms with Gasteiger partial charge >= 0.3 is 0 Å². The lowest BCUT2D eigenvalue weighted by molar-refractivity contribution is -0.127. The molecule has 1 heterocycles. The van der Waals surface area contributed by atoms with Crippen LogP contribution >= 0.6 is 0 Å². The predicted octanol–water partition coefficient (Wildman–Crippen LogP) is 2.30. The molecule has 3 rings (SSSR count). The number of ether oxygens (including phenoxy) is 2. The summed E-state index contributed by atoms with van der Waals surface area (Å²) in [7, 11) is 1.60. The van der Waals surface area contributed by atoms with Gasteiger partial charge in [-0.2, -0.15) is 0 Å². The third-order valence-corrected chi connectivity index (χ3v) is 4.21. The molecule has 1 aromatic carbocycles. The summed E-state index contributed by atoms with van der Waals surface area (Å²) in [4.78, 5) is 21.3. The number of carbonyl (C=O) groups is 1. The van der Waals surface area contributed by atoms with Crippen molar-refractivity contribution in [1.82, 2.24) is 15.3 Å². The first-order valence-corrected chi connectivity index (χ1v) is 8.55. The van der Waals surface area contributed by atoms with Crippen LogP contribution in [0.5, 0.6) is 0 Å². The quantitative estimate of drug-likeness (QED) is 0.782. The number of hydrogen-bond acceptors (Lipinski definition) is 5. The van der Waals surface area contributed by atoms with Crippen molar-refractivity contribution >= 4 is 5.91 Å². The third kappa shape index (κ3) is 4.61. The van der Waals surface area contributed by atoms with Crippen LogP contribution in [0.3, 0.4) is 0 Å². The van der Waals surface area contributed by atoms with Crippen LogP contribution in [0, 0.1) is 0 Å². The van der Waals surface area contributed by atoms with Crippen molar-refractivity contribution in [1.29, 1.82) is 0 Å². The number of carbonyl (C=O) groups excluding carboxylic acids is 1. The molecule has 0 bridgehead atoms. The summed E-state index contributed by atoms with van der Waals surface area (Å²) < 4.78 is 10.2. The van der Waals surface area contributed by atoms with Gasteiger partial charge in [-0.1, -0.05) is 30.3 Å². The fraction of sp³-hybridized carbons (Fsp3) is 0.421. The summed E-state index contributed by atoms with van der Waals surface area (Å²) in [5.74, 6) is 0.607. The number of benzene rings is 1. The van der Waals surface area contributed by atoms with E-state index in [1.807, 2.05) is 36.5 Å². The zero-order valence-corrected chi connectivity index (χ0v) is 14.4. The lowest BCUT2D eigenvalue weighted by Crippen LogP contribution is -2.34. The Bertz CT molecular complexity index is 706. The molecule has 0 saturated carbocycles. The van der Waals surface area contributed by atoms with Crippen LogP contribution in [0.2, 0.25) is 0 Å². The molecule has 0 saturated heterocycles. The van der Waals surface area contributed by atoms with Gasteiger partial charge in [0.25, 0.3) is 0 Å². The summed E-state index contributed by atoms with van der Waals surface area (Å²) >= 11 is 0. The summed E-state index contributed by atoms with van der Waals surface area (Å²) in [6.07, 6.45) is 4.65. The SMILES string of the molecule is COCCOCC(=O)N[C@H]1CCCc2nc(-c3ccccc3)ncc21. The first kappa shape index (κ1) is 17.5. The van der Waals surface area contributed by atoms with E-state index < -0.39 is 0 Å². The van der Waals surface area contributed by atoms with Gasteiger partial charge in [0, 0.05) is 30.1 Å². The second kappa shape index (κ2) is 8.69. The van der Waals surface area contributed by atoms with Gasteiger partial charge in [0.05, 0.1) is 19.3 Å². The molecule has 0 unspecified atom stereocenters. The molecule has 0 fully saturated rings. The average Bonchev–Trinajstić information content (AvgIpc) is 2.66. The fourth-order valence-electron chi connectivity index (χ4n) is 2.97. The maximum atomic E-state index is 12.1. The van der Waals surface area contributed by atoms with Gasteiger partial charge < -0.3 is 14.8 Å². The second-order valence-electron chi connectivity index (χ2n) is 6.02. The third-order valence-electron chi connectivity index (χ3n) is 4.21.